The summed E-state index contributed by atoms with van der Waals surface area (Å²) in [5.41, 5.74) is 0.541. The maximum atomic E-state index is 10.6. The molecule has 1 aromatic carbocycles. The summed E-state index contributed by atoms with van der Waals surface area (Å²) in [6.45, 7) is 0.109. The maximum absolute atomic E-state index is 10.6. The van der Waals surface area contributed by atoms with Crippen LogP contribution in [-0.4, -0.2) is 27.9 Å². The van der Waals surface area contributed by atoms with E-state index < -0.39 is 10.1 Å². The highest BCUT2D eigenvalue weighted by Crippen LogP contribution is 2.11. The van der Waals surface area contributed by atoms with Gasteiger partial charge in [0.1, 0.15) is 19.0 Å². The molecule has 1 aromatic rings. The normalized spacial score (nSPS) is 10.8. The van der Waals surface area contributed by atoms with Crippen LogP contribution < -0.4 is 4.74 Å². The van der Waals surface area contributed by atoms with Gasteiger partial charge < -0.3 is 4.74 Å². The van der Waals surface area contributed by atoms with Crippen molar-refractivity contribution in [3.8, 4) is 11.8 Å². The molecule has 0 fully saturated rings. The lowest BCUT2D eigenvalue weighted by molar-refractivity contribution is 0.222. The number of nitrogens with zero attached hydrogens (tertiary/aromatic N) is 1. The van der Waals surface area contributed by atoms with Gasteiger partial charge in [0, 0.05) is 0 Å². The van der Waals surface area contributed by atoms with Gasteiger partial charge in [-0.1, -0.05) is 0 Å². The Hall–Kier alpha value is -1.58. The molecule has 0 aromatic heterocycles. The summed E-state index contributed by atoms with van der Waals surface area (Å²) in [6.07, 6.45) is 0.981. The molecule has 86 valence electrons. The van der Waals surface area contributed by atoms with Crippen LogP contribution in [0.5, 0.6) is 5.75 Å². The fourth-order valence-corrected chi connectivity index (χ4v) is 1.34. The first-order valence-electron chi connectivity index (χ1n) is 4.48. The molecule has 6 heteroatoms. The standard InChI is InChI=1S/C10H11NO4S/c1-16(12,13)15-7-6-14-10-4-2-9(8-11)3-5-10/h2-5H,6-7H2,1H3. The van der Waals surface area contributed by atoms with Gasteiger partial charge in [-0.2, -0.15) is 13.7 Å². The minimum absolute atomic E-state index is 0.0289. The van der Waals surface area contributed by atoms with Gasteiger partial charge in [-0.3, -0.25) is 4.18 Å². The van der Waals surface area contributed by atoms with Gasteiger partial charge in [-0.05, 0) is 24.3 Å². The molecule has 0 spiro atoms. The quantitative estimate of drug-likeness (QED) is 0.565. The third-order valence-corrected chi connectivity index (χ3v) is 2.23. The summed E-state index contributed by atoms with van der Waals surface area (Å²) >= 11 is 0. The molecular formula is C10H11NO4S. The van der Waals surface area contributed by atoms with Gasteiger partial charge in [0.15, 0.2) is 0 Å². The fourth-order valence-electron chi connectivity index (χ4n) is 0.971. The molecule has 0 saturated carbocycles. The van der Waals surface area contributed by atoms with Crippen molar-refractivity contribution < 1.29 is 17.3 Å². The molecule has 0 unspecified atom stereocenters. The van der Waals surface area contributed by atoms with E-state index in [0.29, 0.717) is 11.3 Å². The lowest BCUT2D eigenvalue weighted by atomic mass is 10.2. The van der Waals surface area contributed by atoms with E-state index in [2.05, 4.69) is 4.18 Å². The first-order chi connectivity index (χ1) is 7.51. The second-order valence-corrected chi connectivity index (χ2v) is 4.65. The van der Waals surface area contributed by atoms with E-state index >= 15 is 0 Å². The average molecular weight is 241 g/mol. The number of nitriles is 1. The number of benzene rings is 1. The number of ether oxygens (including phenoxy) is 1. The highest BCUT2D eigenvalue weighted by molar-refractivity contribution is 7.85. The summed E-state index contributed by atoms with van der Waals surface area (Å²) in [6, 6.07) is 8.49. The highest BCUT2D eigenvalue weighted by atomic mass is 32.2. The first-order valence-corrected chi connectivity index (χ1v) is 6.30. The molecule has 0 heterocycles. The molecule has 0 aliphatic carbocycles. The zero-order valence-electron chi connectivity index (χ0n) is 8.71. The van der Waals surface area contributed by atoms with Crippen molar-refractivity contribution in [2.45, 2.75) is 0 Å². The van der Waals surface area contributed by atoms with E-state index in [9.17, 15) is 8.42 Å². The largest absolute Gasteiger partial charge is 0.491 e. The molecule has 0 bridgehead atoms. The maximum Gasteiger partial charge on any atom is 0.264 e. The predicted octanol–water partition coefficient (Wildman–Crippen LogP) is 0.913. The van der Waals surface area contributed by atoms with E-state index in [1.165, 1.54) is 0 Å². The molecule has 0 atom stereocenters. The Morgan fingerprint density at radius 1 is 1.25 bits per heavy atom. The third-order valence-electron chi connectivity index (χ3n) is 1.63. The van der Waals surface area contributed by atoms with Crippen LogP contribution >= 0.6 is 0 Å². The molecule has 0 saturated heterocycles. The van der Waals surface area contributed by atoms with Gasteiger partial charge >= 0.3 is 0 Å². The van der Waals surface area contributed by atoms with E-state index in [-0.39, 0.29) is 13.2 Å². The minimum Gasteiger partial charge on any atom is -0.491 e. The van der Waals surface area contributed by atoms with Gasteiger partial charge in [0.05, 0.1) is 17.9 Å². The Morgan fingerprint density at radius 3 is 2.38 bits per heavy atom. The summed E-state index contributed by atoms with van der Waals surface area (Å²) < 4.78 is 30.9. The lowest BCUT2D eigenvalue weighted by Gasteiger charge is -2.05. The smallest absolute Gasteiger partial charge is 0.264 e. The number of hydrogen-bond donors (Lipinski definition) is 0. The van der Waals surface area contributed by atoms with Crippen LogP contribution in [0.1, 0.15) is 5.56 Å². The Labute approximate surface area is 94.3 Å². The zero-order chi connectivity index (χ0) is 12.0. The summed E-state index contributed by atoms with van der Waals surface area (Å²) in [5, 5.41) is 8.55. The van der Waals surface area contributed by atoms with Crippen LogP contribution in [0, 0.1) is 11.3 Å². The number of hydrogen-bond acceptors (Lipinski definition) is 5. The Bertz CT molecular complexity index is 473. The van der Waals surface area contributed by atoms with Crippen molar-refractivity contribution in [2.24, 2.45) is 0 Å². The monoisotopic (exact) mass is 241 g/mol. The van der Waals surface area contributed by atoms with Crippen molar-refractivity contribution in [2.75, 3.05) is 19.5 Å². The zero-order valence-corrected chi connectivity index (χ0v) is 9.53. The van der Waals surface area contributed by atoms with Gasteiger partial charge in [-0.25, -0.2) is 0 Å². The SMILES string of the molecule is CS(=O)(=O)OCCOc1ccc(C#N)cc1. The lowest BCUT2D eigenvalue weighted by Crippen LogP contribution is -2.11. The molecule has 0 aliphatic rings. The molecular weight excluding hydrogens is 230 g/mol. The van der Waals surface area contributed by atoms with Crippen molar-refractivity contribution in [3.05, 3.63) is 29.8 Å². The molecule has 1 rings (SSSR count). The van der Waals surface area contributed by atoms with Crippen molar-refractivity contribution in [3.63, 3.8) is 0 Å². The van der Waals surface area contributed by atoms with E-state index in [0.717, 1.165) is 6.26 Å². The van der Waals surface area contributed by atoms with E-state index in [1.54, 1.807) is 24.3 Å². The summed E-state index contributed by atoms with van der Waals surface area (Å²) in [4.78, 5) is 0. The third kappa shape index (κ3) is 4.77. The van der Waals surface area contributed by atoms with Crippen LogP contribution in [0.25, 0.3) is 0 Å². The Morgan fingerprint density at radius 2 is 1.88 bits per heavy atom. The van der Waals surface area contributed by atoms with Crippen molar-refractivity contribution >= 4 is 10.1 Å². The van der Waals surface area contributed by atoms with Crippen LogP contribution in [0.15, 0.2) is 24.3 Å². The molecule has 5 nitrogen and oxygen atoms in total. The molecule has 16 heavy (non-hydrogen) atoms. The Kier molecular flexibility index (Phi) is 4.28. The Balaban J connectivity index is 2.36. The molecule has 0 aliphatic heterocycles. The average Bonchev–Trinajstić information content (AvgIpc) is 2.24. The summed E-state index contributed by atoms with van der Waals surface area (Å²) in [5.74, 6) is 0.566. The highest BCUT2D eigenvalue weighted by Gasteiger charge is 2.01. The van der Waals surface area contributed by atoms with Crippen molar-refractivity contribution in [1.82, 2.24) is 0 Å². The second-order valence-electron chi connectivity index (χ2n) is 3.01. The second kappa shape index (κ2) is 5.49. The number of rotatable bonds is 5. The summed E-state index contributed by atoms with van der Waals surface area (Å²) in [7, 11) is -3.41. The van der Waals surface area contributed by atoms with Crippen LogP contribution in [0.4, 0.5) is 0 Å². The van der Waals surface area contributed by atoms with Gasteiger partial charge in [-0.15, -0.1) is 0 Å². The van der Waals surface area contributed by atoms with Crippen LogP contribution in [0.2, 0.25) is 0 Å². The molecule has 0 amide bonds. The van der Waals surface area contributed by atoms with Gasteiger partial charge in [0.2, 0.25) is 0 Å². The van der Waals surface area contributed by atoms with Crippen LogP contribution in [0.3, 0.4) is 0 Å². The van der Waals surface area contributed by atoms with Gasteiger partial charge in [0.25, 0.3) is 10.1 Å². The minimum atomic E-state index is -3.41. The first kappa shape index (κ1) is 12.5. The van der Waals surface area contributed by atoms with E-state index in [4.69, 9.17) is 10.00 Å². The molecule has 0 radical (unpaired) electrons. The fraction of sp³-hybridized carbons (Fsp3) is 0.300. The topological polar surface area (TPSA) is 76.4 Å². The predicted molar refractivity (Wildman–Crippen MR) is 57.4 cm³/mol. The van der Waals surface area contributed by atoms with Crippen molar-refractivity contribution in [1.29, 1.82) is 5.26 Å². The molecule has 0 N–H and O–H groups in total. The van der Waals surface area contributed by atoms with E-state index in [1.807, 2.05) is 6.07 Å². The van der Waals surface area contributed by atoms with Crippen LogP contribution in [-0.2, 0) is 14.3 Å².